The van der Waals surface area contributed by atoms with Crippen LogP contribution in [0.5, 0.6) is 5.75 Å². The van der Waals surface area contributed by atoms with Gasteiger partial charge in [-0.15, -0.1) is 11.3 Å². The number of rotatable bonds is 4. The first kappa shape index (κ1) is 17.9. The van der Waals surface area contributed by atoms with Crippen LogP contribution in [0.3, 0.4) is 0 Å². The van der Waals surface area contributed by atoms with E-state index in [0.29, 0.717) is 27.3 Å². The zero-order valence-corrected chi connectivity index (χ0v) is 16.7. The van der Waals surface area contributed by atoms with Gasteiger partial charge >= 0.3 is 0 Å². The van der Waals surface area contributed by atoms with Crippen LogP contribution in [-0.2, 0) is 6.42 Å². The molecule has 0 unspecified atom stereocenters. The molecule has 1 nitrogen and oxygen atoms in total. The van der Waals surface area contributed by atoms with Crippen LogP contribution in [0.4, 0.5) is 8.78 Å². The van der Waals surface area contributed by atoms with Crippen LogP contribution in [0.15, 0.2) is 36.4 Å². The topological polar surface area (TPSA) is 9.23 Å². The maximum Gasteiger partial charge on any atom is 0.182 e. The summed E-state index contributed by atoms with van der Waals surface area (Å²) in [7, 11) is 0. The number of thiophene rings is 1. The van der Waals surface area contributed by atoms with E-state index in [1.807, 2.05) is 30.3 Å². The lowest BCUT2D eigenvalue weighted by Crippen LogP contribution is -2.08. The maximum absolute atomic E-state index is 15.3. The van der Waals surface area contributed by atoms with Gasteiger partial charge in [0.25, 0.3) is 0 Å². The molecule has 144 valence electrons. The quantitative estimate of drug-likeness (QED) is 0.345. The number of fused-ring (bicyclic) bond motifs is 4. The zero-order chi connectivity index (χ0) is 19.3. The molecule has 0 amide bonds. The van der Waals surface area contributed by atoms with Gasteiger partial charge < -0.3 is 4.74 Å². The van der Waals surface area contributed by atoms with Gasteiger partial charge in [0.15, 0.2) is 11.6 Å². The SMILES string of the molecule is CCc1ccc2cc3c(sc4c(F)c(OCC5CCCC5)ccc43)c(F)c2c1. The second kappa shape index (κ2) is 7.00. The first-order chi connectivity index (χ1) is 13.7. The summed E-state index contributed by atoms with van der Waals surface area (Å²) in [6.45, 7) is 2.62. The normalized spacial score (nSPS) is 15.2. The first-order valence-electron chi connectivity index (χ1n) is 10.0. The molecular weight excluding hydrogens is 374 g/mol. The van der Waals surface area contributed by atoms with Crippen molar-refractivity contribution in [2.45, 2.75) is 39.0 Å². The second-order valence-corrected chi connectivity index (χ2v) is 8.81. The highest BCUT2D eigenvalue weighted by Gasteiger charge is 2.20. The summed E-state index contributed by atoms with van der Waals surface area (Å²) in [5.41, 5.74) is 1.10. The monoisotopic (exact) mass is 396 g/mol. The number of aryl methyl sites for hydroxylation is 1. The van der Waals surface area contributed by atoms with Gasteiger partial charge in [0, 0.05) is 16.2 Å². The number of halogens is 2. The minimum atomic E-state index is -0.366. The molecule has 4 aromatic rings. The van der Waals surface area contributed by atoms with Crippen molar-refractivity contribution in [1.29, 1.82) is 0 Å². The van der Waals surface area contributed by atoms with E-state index in [9.17, 15) is 0 Å². The molecular formula is C24H22F2OS. The van der Waals surface area contributed by atoms with Gasteiger partial charge in [-0.3, -0.25) is 0 Å². The summed E-state index contributed by atoms with van der Waals surface area (Å²) in [5, 5.41) is 2.99. The Morgan fingerprint density at radius 3 is 2.50 bits per heavy atom. The molecule has 1 fully saturated rings. The summed E-state index contributed by atoms with van der Waals surface area (Å²) in [6, 6.07) is 11.4. The average molecular weight is 397 g/mol. The number of ether oxygens (including phenoxy) is 1. The van der Waals surface area contributed by atoms with Crippen molar-refractivity contribution >= 4 is 42.3 Å². The summed E-state index contributed by atoms with van der Waals surface area (Å²) >= 11 is 1.19. The highest BCUT2D eigenvalue weighted by molar-refractivity contribution is 7.26. The Morgan fingerprint density at radius 1 is 0.929 bits per heavy atom. The first-order valence-corrected chi connectivity index (χ1v) is 10.9. The highest BCUT2D eigenvalue weighted by atomic mass is 32.1. The molecule has 0 atom stereocenters. The van der Waals surface area contributed by atoms with E-state index >= 15 is 8.78 Å². The minimum absolute atomic E-state index is 0.253. The van der Waals surface area contributed by atoms with E-state index in [-0.39, 0.29) is 17.4 Å². The Kier molecular flexibility index (Phi) is 4.47. The molecule has 1 aliphatic carbocycles. The van der Waals surface area contributed by atoms with E-state index in [0.717, 1.165) is 41.0 Å². The average Bonchev–Trinajstić information content (AvgIpc) is 3.36. The van der Waals surface area contributed by atoms with Gasteiger partial charge in [-0.25, -0.2) is 8.78 Å². The van der Waals surface area contributed by atoms with Crippen molar-refractivity contribution in [2.75, 3.05) is 6.61 Å². The molecule has 4 heteroatoms. The Labute approximate surface area is 166 Å². The molecule has 3 aromatic carbocycles. The van der Waals surface area contributed by atoms with Crippen LogP contribution in [0.2, 0.25) is 0 Å². The lowest BCUT2D eigenvalue weighted by Gasteiger charge is -2.12. The lowest BCUT2D eigenvalue weighted by atomic mass is 10.0. The van der Waals surface area contributed by atoms with E-state index in [1.165, 1.54) is 24.2 Å². The fourth-order valence-corrected chi connectivity index (χ4v) is 5.51. The Hall–Kier alpha value is -2.20. The van der Waals surface area contributed by atoms with Crippen LogP contribution in [0.25, 0.3) is 30.9 Å². The molecule has 1 saturated carbocycles. The van der Waals surface area contributed by atoms with Crippen LogP contribution in [0.1, 0.15) is 38.2 Å². The molecule has 0 N–H and O–H groups in total. The van der Waals surface area contributed by atoms with Gasteiger partial charge in [0.1, 0.15) is 5.82 Å². The van der Waals surface area contributed by atoms with Gasteiger partial charge in [0.2, 0.25) is 0 Å². The molecule has 0 aliphatic heterocycles. The Balaban J connectivity index is 1.63. The van der Waals surface area contributed by atoms with E-state index in [1.54, 1.807) is 6.07 Å². The second-order valence-electron chi connectivity index (χ2n) is 7.79. The molecule has 5 rings (SSSR count). The van der Waals surface area contributed by atoms with E-state index < -0.39 is 0 Å². The number of benzene rings is 3. The fourth-order valence-electron chi connectivity index (χ4n) is 4.35. The predicted molar refractivity (Wildman–Crippen MR) is 114 cm³/mol. The maximum atomic E-state index is 15.3. The molecule has 28 heavy (non-hydrogen) atoms. The summed E-state index contributed by atoms with van der Waals surface area (Å²) in [4.78, 5) is 0. The minimum Gasteiger partial charge on any atom is -0.490 e. The van der Waals surface area contributed by atoms with Crippen LogP contribution in [-0.4, -0.2) is 6.61 Å². The third-order valence-electron chi connectivity index (χ3n) is 6.01. The molecule has 1 heterocycles. The largest absolute Gasteiger partial charge is 0.490 e. The van der Waals surface area contributed by atoms with Crippen molar-refractivity contribution < 1.29 is 13.5 Å². The van der Waals surface area contributed by atoms with Gasteiger partial charge in [-0.1, -0.05) is 31.9 Å². The van der Waals surface area contributed by atoms with E-state index in [2.05, 4.69) is 6.92 Å². The third kappa shape index (κ3) is 2.86. The van der Waals surface area contributed by atoms with Gasteiger partial charge in [0.05, 0.1) is 16.0 Å². The Bertz CT molecular complexity index is 1190. The third-order valence-corrected chi connectivity index (χ3v) is 7.22. The Morgan fingerprint density at radius 2 is 1.71 bits per heavy atom. The summed E-state index contributed by atoms with van der Waals surface area (Å²) in [5.74, 6) is 0.184. The molecule has 0 spiro atoms. The van der Waals surface area contributed by atoms with Crippen LogP contribution >= 0.6 is 11.3 Å². The number of hydrogen-bond acceptors (Lipinski definition) is 2. The molecule has 0 radical (unpaired) electrons. The summed E-state index contributed by atoms with van der Waals surface area (Å²) in [6.07, 6.45) is 5.64. The van der Waals surface area contributed by atoms with Crippen LogP contribution in [0, 0.1) is 17.6 Å². The van der Waals surface area contributed by atoms with Gasteiger partial charge in [-0.2, -0.15) is 0 Å². The molecule has 1 aliphatic rings. The molecule has 0 saturated heterocycles. The predicted octanol–water partition coefficient (Wildman–Crippen LogP) is 7.62. The highest BCUT2D eigenvalue weighted by Crippen LogP contribution is 2.42. The van der Waals surface area contributed by atoms with E-state index in [4.69, 9.17) is 4.74 Å². The van der Waals surface area contributed by atoms with Crippen molar-refractivity contribution in [3.8, 4) is 5.75 Å². The van der Waals surface area contributed by atoms with Crippen molar-refractivity contribution in [3.05, 3.63) is 53.6 Å². The lowest BCUT2D eigenvalue weighted by molar-refractivity contribution is 0.243. The van der Waals surface area contributed by atoms with Crippen molar-refractivity contribution in [3.63, 3.8) is 0 Å². The molecule has 1 aromatic heterocycles. The standard InChI is InChI=1S/C24H22F2OS/c1-2-14-7-8-16-12-19-17-9-10-20(27-13-15-5-3-4-6-15)22(26)23(17)28-24(19)21(25)18(16)11-14/h7-12,15H,2-6,13H2,1H3. The summed E-state index contributed by atoms with van der Waals surface area (Å²) < 4.78 is 37.2. The number of hydrogen-bond donors (Lipinski definition) is 0. The fraction of sp³-hybridized carbons (Fsp3) is 0.333. The van der Waals surface area contributed by atoms with Gasteiger partial charge in [-0.05, 0) is 60.4 Å². The molecule has 0 bridgehead atoms. The van der Waals surface area contributed by atoms with Crippen molar-refractivity contribution in [2.24, 2.45) is 5.92 Å². The smallest absolute Gasteiger partial charge is 0.182 e. The van der Waals surface area contributed by atoms with Crippen molar-refractivity contribution in [1.82, 2.24) is 0 Å². The zero-order valence-electron chi connectivity index (χ0n) is 15.9. The van der Waals surface area contributed by atoms with Crippen LogP contribution < -0.4 is 4.74 Å².